The summed E-state index contributed by atoms with van der Waals surface area (Å²) in [5.74, 6) is -1.29. The van der Waals surface area contributed by atoms with Gasteiger partial charge >= 0.3 is 0 Å². The molecule has 1 aromatic rings. The fraction of sp³-hybridized carbons (Fsp3) is 0.607. The van der Waals surface area contributed by atoms with Crippen molar-refractivity contribution in [2.24, 2.45) is 23.7 Å². The lowest BCUT2D eigenvalue weighted by atomic mass is 9.73. The van der Waals surface area contributed by atoms with Crippen molar-refractivity contribution in [3.05, 3.63) is 42.0 Å². The highest BCUT2D eigenvalue weighted by molar-refractivity contribution is 6.02. The van der Waals surface area contributed by atoms with Crippen LogP contribution in [0.1, 0.15) is 38.7 Å². The van der Waals surface area contributed by atoms with Crippen molar-refractivity contribution < 1.29 is 23.9 Å². The number of carbonyl (C=O) groups is 3. The van der Waals surface area contributed by atoms with Crippen LogP contribution < -0.4 is 10.6 Å². The van der Waals surface area contributed by atoms with E-state index in [9.17, 15) is 14.4 Å². The minimum atomic E-state index is -1.16. The van der Waals surface area contributed by atoms with Gasteiger partial charge in [-0.15, -0.1) is 0 Å². The highest BCUT2D eigenvalue weighted by atomic mass is 16.5. The van der Waals surface area contributed by atoms with Crippen molar-refractivity contribution in [2.75, 3.05) is 25.6 Å². The van der Waals surface area contributed by atoms with Gasteiger partial charge in [0, 0.05) is 25.4 Å². The Bertz CT molecular complexity index is 1070. The SMILES string of the molecule is COCCN1C(=O)[C@@H]2[C@H](C(=O)Nc3cccc(C)c3)[C@@H]3C=C[C@@]2(O3)[C@@H]1C(=O)N[C@@H]1CCC[C@H](C)[C@@H]1C. The molecule has 0 radical (unpaired) electrons. The number of nitrogens with zero attached hydrogens (tertiary/aromatic N) is 1. The Morgan fingerprint density at radius 3 is 2.78 bits per heavy atom. The third kappa shape index (κ3) is 4.04. The first-order valence-electron chi connectivity index (χ1n) is 13.1. The highest BCUT2D eigenvalue weighted by Crippen LogP contribution is 2.55. The molecule has 8 nitrogen and oxygen atoms in total. The molecule has 8 heteroatoms. The smallest absolute Gasteiger partial charge is 0.246 e. The third-order valence-electron chi connectivity index (χ3n) is 8.78. The Kier molecular flexibility index (Phi) is 6.68. The maximum Gasteiger partial charge on any atom is 0.246 e. The van der Waals surface area contributed by atoms with Gasteiger partial charge in [-0.2, -0.15) is 0 Å². The van der Waals surface area contributed by atoms with Crippen LogP contribution in [0.3, 0.4) is 0 Å². The second-order valence-corrected chi connectivity index (χ2v) is 11.0. The van der Waals surface area contributed by atoms with E-state index in [1.54, 1.807) is 12.0 Å². The molecule has 3 heterocycles. The lowest BCUT2D eigenvalue weighted by Gasteiger charge is -2.38. The Hall–Kier alpha value is -2.71. The van der Waals surface area contributed by atoms with E-state index < -0.39 is 29.6 Å². The van der Waals surface area contributed by atoms with Crippen LogP contribution in [0, 0.1) is 30.6 Å². The van der Waals surface area contributed by atoms with Gasteiger partial charge in [-0.1, -0.05) is 51.0 Å². The topological polar surface area (TPSA) is 97.0 Å². The zero-order valence-corrected chi connectivity index (χ0v) is 21.5. The number of nitrogens with one attached hydrogen (secondary N) is 2. The second-order valence-electron chi connectivity index (χ2n) is 11.0. The lowest BCUT2D eigenvalue weighted by Crippen LogP contribution is -2.58. The summed E-state index contributed by atoms with van der Waals surface area (Å²) >= 11 is 0. The molecule has 0 unspecified atom stereocenters. The van der Waals surface area contributed by atoms with Crippen LogP contribution in [-0.4, -0.2) is 66.7 Å². The van der Waals surface area contributed by atoms with E-state index >= 15 is 0 Å². The molecule has 3 fully saturated rings. The third-order valence-corrected chi connectivity index (χ3v) is 8.78. The molecule has 2 saturated heterocycles. The van der Waals surface area contributed by atoms with Gasteiger partial charge in [-0.05, 0) is 42.9 Å². The maximum absolute atomic E-state index is 13.9. The molecular formula is C28H37N3O5. The molecule has 36 heavy (non-hydrogen) atoms. The highest BCUT2D eigenvalue weighted by Gasteiger charge is 2.72. The van der Waals surface area contributed by atoms with Crippen molar-refractivity contribution in [3.63, 3.8) is 0 Å². The van der Waals surface area contributed by atoms with Crippen molar-refractivity contribution in [1.29, 1.82) is 0 Å². The average molecular weight is 496 g/mol. The van der Waals surface area contributed by atoms with Crippen LogP contribution in [0.15, 0.2) is 36.4 Å². The first-order chi connectivity index (χ1) is 17.3. The number of hydrogen-bond acceptors (Lipinski definition) is 5. The molecule has 1 saturated carbocycles. The minimum absolute atomic E-state index is 0.0547. The Labute approximate surface area is 212 Å². The number of aryl methyl sites for hydroxylation is 1. The molecule has 3 amide bonds. The second kappa shape index (κ2) is 9.63. The first kappa shape index (κ1) is 25.0. The number of benzene rings is 1. The lowest BCUT2D eigenvalue weighted by molar-refractivity contribution is -0.142. The van der Waals surface area contributed by atoms with Crippen molar-refractivity contribution in [1.82, 2.24) is 10.2 Å². The summed E-state index contributed by atoms with van der Waals surface area (Å²) in [4.78, 5) is 42.7. The molecule has 1 aliphatic carbocycles. The van der Waals surface area contributed by atoms with Crippen LogP contribution in [-0.2, 0) is 23.9 Å². The standard InChI is InChI=1S/C28H37N3O5/c1-16-7-5-9-19(15-16)29-25(32)22-21-11-12-28(36-21)23(22)27(34)31(13-14-35-4)24(28)26(33)30-20-10-6-8-17(2)18(20)3/h5,7,9,11-12,15,17-18,20-24H,6,8,10,13-14H2,1-4H3,(H,29,32)(H,30,33)/t17-,18-,20+,21-,22+,23-,24-,28-/m0/s1. The van der Waals surface area contributed by atoms with Gasteiger partial charge in [-0.25, -0.2) is 0 Å². The fourth-order valence-electron chi connectivity index (χ4n) is 6.69. The fourth-order valence-corrected chi connectivity index (χ4v) is 6.69. The van der Waals surface area contributed by atoms with Crippen LogP contribution in [0.4, 0.5) is 5.69 Å². The van der Waals surface area contributed by atoms with E-state index in [-0.39, 0.29) is 30.3 Å². The van der Waals surface area contributed by atoms with E-state index in [4.69, 9.17) is 9.47 Å². The summed E-state index contributed by atoms with van der Waals surface area (Å²) in [6.45, 7) is 6.92. The summed E-state index contributed by atoms with van der Waals surface area (Å²) in [7, 11) is 1.57. The minimum Gasteiger partial charge on any atom is -0.383 e. The molecule has 8 atom stereocenters. The van der Waals surface area contributed by atoms with Gasteiger partial charge in [0.05, 0.1) is 24.5 Å². The maximum atomic E-state index is 13.9. The number of hydrogen-bond donors (Lipinski definition) is 2. The van der Waals surface area contributed by atoms with Crippen LogP contribution in [0.2, 0.25) is 0 Å². The van der Waals surface area contributed by atoms with Gasteiger partial charge in [0.2, 0.25) is 17.7 Å². The van der Waals surface area contributed by atoms with E-state index in [1.165, 1.54) is 0 Å². The first-order valence-corrected chi connectivity index (χ1v) is 13.1. The van der Waals surface area contributed by atoms with Gasteiger partial charge in [0.15, 0.2) is 0 Å². The molecule has 2 bridgehead atoms. The average Bonchev–Trinajstić information content (AvgIpc) is 3.48. The molecule has 1 aromatic carbocycles. The zero-order valence-electron chi connectivity index (χ0n) is 21.5. The molecule has 194 valence electrons. The Morgan fingerprint density at radius 2 is 2.03 bits per heavy atom. The van der Waals surface area contributed by atoms with Crippen molar-refractivity contribution >= 4 is 23.4 Å². The Balaban J connectivity index is 1.43. The molecule has 2 N–H and O–H groups in total. The predicted molar refractivity (Wildman–Crippen MR) is 135 cm³/mol. The van der Waals surface area contributed by atoms with E-state index in [0.29, 0.717) is 24.1 Å². The predicted octanol–water partition coefficient (Wildman–Crippen LogP) is 2.67. The van der Waals surface area contributed by atoms with E-state index in [2.05, 4.69) is 24.5 Å². The van der Waals surface area contributed by atoms with Crippen molar-refractivity contribution in [2.45, 2.75) is 63.8 Å². The Morgan fingerprint density at radius 1 is 1.22 bits per heavy atom. The summed E-state index contributed by atoms with van der Waals surface area (Å²) in [6.07, 6.45) is 6.30. The molecular weight excluding hydrogens is 458 g/mol. The normalized spacial score (nSPS) is 36.7. The van der Waals surface area contributed by atoms with Crippen LogP contribution >= 0.6 is 0 Å². The van der Waals surface area contributed by atoms with E-state index in [0.717, 1.165) is 24.8 Å². The summed E-state index contributed by atoms with van der Waals surface area (Å²) in [6, 6.07) is 6.77. The van der Waals surface area contributed by atoms with Crippen LogP contribution in [0.25, 0.3) is 0 Å². The van der Waals surface area contributed by atoms with Crippen molar-refractivity contribution in [3.8, 4) is 0 Å². The van der Waals surface area contributed by atoms with Gasteiger partial charge < -0.3 is 25.0 Å². The number of carbonyl (C=O) groups excluding carboxylic acids is 3. The molecule has 0 aromatic heterocycles. The van der Waals surface area contributed by atoms with Gasteiger partial charge in [0.25, 0.3) is 0 Å². The van der Waals surface area contributed by atoms with Crippen LogP contribution in [0.5, 0.6) is 0 Å². The number of ether oxygens (including phenoxy) is 2. The molecule has 4 aliphatic rings. The number of amides is 3. The molecule has 3 aliphatic heterocycles. The molecule has 1 spiro atoms. The quantitative estimate of drug-likeness (QED) is 0.567. The zero-order chi connectivity index (χ0) is 25.6. The van der Waals surface area contributed by atoms with E-state index in [1.807, 2.05) is 43.3 Å². The molecule has 5 rings (SSSR count). The number of fused-ring (bicyclic) bond motifs is 1. The summed E-state index contributed by atoms with van der Waals surface area (Å²) in [5, 5.41) is 6.23. The largest absolute Gasteiger partial charge is 0.383 e. The monoisotopic (exact) mass is 495 g/mol. The number of rotatable bonds is 7. The number of methoxy groups -OCH3 is 1. The number of anilines is 1. The summed E-state index contributed by atoms with van der Waals surface area (Å²) < 4.78 is 11.7. The number of likely N-dealkylation sites (tertiary alicyclic amines) is 1. The van der Waals surface area contributed by atoms with Gasteiger partial charge in [-0.3, -0.25) is 14.4 Å². The van der Waals surface area contributed by atoms with Gasteiger partial charge in [0.1, 0.15) is 11.6 Å². The summed E-state index contributed by atoms with van der Waals surface area (Å²) in [5.41, 5.74) is 0.550.